The summed E-state index contributed by atoms with van der Waals surface area (Å²) in [7, 11) is 4.24. The molecule has 2 rings (SSSR count). The Morgan fingerprint density at radius 1 is 1.60 bits per heavy atom. The first kappa shape index (κ1) is 10.4. The second-order valence-electron chi connectivity index (χ2n) is 4.58. The maximum atomic E-state index is 5.76. The number of ether oxygens (including phenoxy) is 1. The van der Waals surface area contributed by atoms with Crippen molar-refractivity contribution in [1.29, 1.82) is 0 Å². The molecule has 0 aliphatic heterocycles. The van der Waals surface area contributed by atoms with Gasteiger partial charge in [0.1, 0.15) is 12.4 Å². The Labute approximate surface area is 91.1 Å². The first-order valence-corrected chi connectivity index (χ1v) is 5.35. The zero-order valence-electron chi connectivity index (χ0n) is 9.60. The van der Waals surface area contributed by atoms with Gasteiger partial charge in [-0.3, -0.25) is 4.98 Å². The fourth-order valence-corrected chi connectivity index (χ4v) is 2.07. The van der Waals surface area contributed by atoms with Crippen molar-refractivity contribution < 1.29 is 4.74 Å². The lowest BCUT2D eigenvalue weighted by molar-refractivity contribution is 0.155. The summed E-state index contributed by atoms with van der Waals surface area (Å²) in [6, 6.07) is 3.84. The normalized spacial score (nSPS) is 29.2. The Balaban J connectivity index is 1.94. The van der Waals surface area contributed by atoms with E-state index in [0.717, 1.165) is 18.3 Å². The molecule has 0 N–H and O–H groups in total. The van der Waals surface area contributed by atoms with Crippen LogP contribution in [-0.4, -0.2) is 36.1 Å². The lowest BCUT2D eigenvalue weighted by Crippen LogP contribution is -2.37. The van der Waals surface area contributed by atoms with Crippen LogP contribution in [0, 0.1) is 5.92 Å². The van der Waals surface area contributed by atoms with E-state index < -0.39 is 0 Å². The summed E-state index contributed by atoms with van der Waals surface area (Å²) in [5.74, 6) is 1.59. The van der Waals surface area contributed by atoms with Gasteiger partial charge in [-0.25, -0.2) is 0 Å². The van der Waals surface area contributed by atoms with Crippen molar-refractivity contribution in [3.8, 4) is 5.75 Å². The minimum absolute atomic E-state index is 0.246. The number of pyridine rings is 1. The maximum Gasteiger partial charge on any atom is 0.137 e. The van der Waals surface area contributed by atoms with Crippen LogP contribution in [0.15, 0.2) is 24.5 Å². The molecule has 3 heteroatoms. The van der Waals surface area contributed by atoms with E-state index in [2.05, 4.69) is 30.9 Å². The van der Waals surface area contributed by atoms with Gasteiger partial charge in [0.2, 0.25) is 0 Å². The summed E-state index contributed by atoms with van der Waals surface area (Å²) >= 11 is 0. The lowest BCUT2D eigenvalue weighted by Gasteiger charge is -2.25. The van der Waals surface area contributed by atoms with Gasteiger partial charge in [0.25, 0.3) is 0 Å². The van der Waals surface area contributed by atoms with Gasteiger partial charge in [0.15, 0.2) is 0 Å². The second-order valence-corrected chi connectivity index (χ2v) is 4.58. The molecule has 0 radical (unpaired) electrons. The van der Waals surface area contributed by atoms with Gasteiger partial charge in [-0.05, 0) is 38.6 Å². The van der Waals surface area contributed by atoms with E-state index in [9.17, 15) is 0 Å². The third-order valence-corrected chi connectivity index (χ3v) is 3.43. The van der Waals surface area contributed by atoms with E-state index in [4.69, 9.17) is 4.74 Å². The van der Waals surface area contributed by atoms with Gasteiger partial charge in [-0.15, -0.1) is 0 Å². The van der Waals surface area contributed by atoms with Crippen LogP contribution in [0.5, 0.6) is 5.75 Å². The quantitative estimate of drug-likeness (QED) is 0.751. The van der Waals surface area contributed by atoms with E-state index in [-0.39, 0.29) is 5.54 Å². The third-order valence-electron chi connectivity index (χ3n) is 3.43. The molecule has 2 unspecified atom stereocenters. The largest absolute Gasteiger partial charge is 0.490 e. The molecule has 1 aromatic heterocycles. The number of hydrogen-bond acceptors (Lipinski definition) is 3. The first-order chi connectivity index (χ1) is 7.15. The van der Waals surface area contributed by atoms with E-state index >= 15 is 0 Å². The zero-order chi connectivity index (χ0) is 10.9. The second kappa shape index (κ2) is 3.81. The molecule has 0 spiro atoms. The molecule has 0 aromatic carbocycles. The Hall–Kier alpha value is -1.09. The highest BCUT2D eigenvalue weighted by molar-refractivity contribution is 5.17. The van der Waals surface area contributed by atoms with Crippen LogP contribution in [0.2, 0.25) is 0 Å². The van der Waals surface area contributed by atoms with Gasteiger partial charge in [-0.1, -0.05) is 6.92 Å². The lowest BCUT2D eigenvalue weighted by atomic mass is 10.2. The van der Waals surface area contributed by atoms with E-state index in [1.807, 2.05) is 12.1 Å². The highest BCUT2D eigenvalue weighted by atomic mass is 16.5. The van der Waals surface area contributed by atoms with Crippen LogP contribution in [0.3, 0.4) is 0 Å². The van der Waals surface area contributed by atoms with Gasteiger partial charge in [0.05, 0.1) is 11.7 Å². The molecule has 3 nitrogen and oxygen atoms in total. The maximum absolute atomic E-state index is 5.76. The summed E-state index contributed by atoms with van der Waals surface area (Å²) in [5, 5.41) is 0. The van der Waals surface area contributed by atoms with Gasteiger partial charge in [-0.2, -0.15) is 0 Å². The molecule has 0 bridgehead atoms. The number of likely N-dealkylation sites (N-methyl/N-ethyl adjacent to an activating group) is 1. The van der Waals surface area contributed by atoms with Crippen LogP contribution < -0.4 is 4.74 Å². The number of nitrogens with zero attached hydrogens (tertiary/aromatic N) is 2. The molecule has 0 saturated heterocycles. The van der Waals surface area contributed by atoms with E-state index in [1.54, 1.807) is 12.4 Å². The van der Waals surface area contributed by atoms with Crippen molar-refractivity contribution in [2.45, 2.75) is 18.9 Å². The van der Waals surface area contributed by atoms with Crippen LogP contribution in [0.1, 0.15) is 13.3 Å². The van der Waals surface area contributed by atoms with Crippen LogP contribution >= 0.6 is 0 Å². The summed E-state index contributed by atoms with van der Waals surface area (Å²) < 4.78 is 5.76. The van der Waals surface area contributed by atoms with E-state index in [1.165, 1.54) is 6.42 Å². The molecule has 1 aliphatic carbocycles. The number of hydrogen-bond donors (Lipinski definition) is 0. The van der Waals surface area contributed by atoms with Gasteiger partial charge < -0.3 is 9.64 Å². The van der Waals surface area contributed by atoms with Crippen molar-refractivity contribution in [3.05, 3.63) is 24.5 Å². The van der Waals surface area contributed by atoms with Crippen molar-refractivity contribution in [2.24, 2.45) is 5.92 Å². The van der Waals surface area contributed by atoms with Crippen LogP contribution in [0.25, 0.3) is 0 Å². The zero-order valence-corrected chi connectivity index (χ0v) is 9.60. The van der Waals surface area contributed by atoms with Crippen molar-refractivity contribution in [1.82, 2.24) is 9.88 Å². The van der Waals surface area contributed by atoms with Crippen molar-refractivity contribution >= 4 is 0 Å². The van der Waals surface area contributed by atoms with Crippen molar-refractivity contribution in [2.75, 3.05) is 20.7 Å². The Morgan fingerprint density at radius 2 is 2.33 bits per heavy atom. The predicted molar refractivity (Wildman–Crippen MR) is 59.9 cm³/mol. The van der Waals surface area contributed by atoms with Crippen molar-refractivity contribution in [3.63, 3.8) is 0 Å². The monoisotopic (exact) mass is 206 g/mol. The highest BCUT2D eigenvalue weighted by Crippen LogP contribution is 2.47. The molecular weight excluding hydrogens is 188 g/mol. The fraction of sp³-hybridized carbons (Fsp3) is 0.583. The summed E-state index contributed by atoms with van der Waals surface area (Å²) in [4.78, 5) is 6.30. The minimum Gasteiger partial charge on any atom is -0.490 e. The Bertz CT molecular complexity index is 326. The topological polar surface area (TPSA) is 25.4 Å². The molecule has 1 saturated carbocycles. The van der Waals surface area contributed by atoms with Crippen LogP contribution in [-0.2, 0) is 0 Å². The summed E-state index contributed by atoms with van der Waals surface area (Å²) in [6.07, 6.45) is 4.74. The first-order valence-electron chi connectivity index (χ1n) is 5.35. The molecule has 15 heavy (non-hydrogen) atoms. The molecule has 1 aromatic rings. The fourth-order valence-electron chi connectivity index (χ4n) is 2.07. The van der Waals surface area contributed by atoms with Gasteiger partial charge in [0, 0.05) is 6.20 Å². The SMILES string of the molecule is CC1CC1(COc1cccnc1)N(C)C. The predicted octanol–water partition coefficient (Wildman–Crippen LogP) is 1.80. The smallest absolute Gasteiger partial charge is 0.137 e. The molecule has 82 valence electrons. The summed E-state index contributed by atoms with van der Waals surface area (Å²) in [6.45, 7) is 3.03. The molecule has 1 aliphatic rings. The standard InChI is InChI=1S/C12H18N2O/c1-10-7-12(10,14(2)3)9-15-11-5-4-6-13-8-11/h4-6,8,10H,7,9H2,1-3H3. The molecular formula is C12H18N2O. The number of aromatic nitrogens is 1. The van der Waals surface area contributed by atoms with E-state index in [0.29, 0.717) is 0 Å². The number of rotatable bonds is 4. The average Bonchev–Trinajstić information content (AvgIpc) is 2.90. The molecule has 2 atom stereocenters. The van der Waals surface area contributed by atoms with Gasteiger partial charge >= 0.3 is 0 Å². The molecule has 1 fully saturated rings. The molecule has 1 heterocycles. The summed E-state index contributed by atoms with van der Waals surface area (Å²) in [5.41, 5.74) is 0.246. The Kier molecular flexibility index (Phi) is 2.65. The third kappa shape index (κ3) is 1.97. The Morgan fingerprint density at radius 3 is 2.80 bits per heavy atom. The minimum atomic E-state index is 0.246. The average molecular weight is 206 g/mol. The highest BCUT2D eigenvalue weighted by Gasteiger charge is 2.53. The molecule has 0 amide bonds. The van der Waals surface area contributed by atoms with Crippen LogP contribution in [0.4, 0.5) is 0 Å².